The number of hydrogen-bond donors (Lipinski definition) is 3. The maximum Gasteiger partial charge on any atom is 0.416 e. The number of ether oxygens (including phenoxy) is 1. The Morgan fingerprint density at radius 3 is 2.50 bits per heavy atom. The lowest BCUT2D eigenvalue weighted by atomic mass is 10.2. The first-order valence-electron chi connectivity index (χ1n) is 6.10. The standard InChI is InChI=1S/C12H18F3N3O2/c1-3-16-10-4-8(12(13,14)15)5-11(18-10)17-9(6-19)7-20-2/h4-5,9,19H,3,6-7H2,1-2H3,(H2,16,17,18). The molecule has 0 spiro atoms. The third kappa shape index (κ3) is 4.86. The summed E-state index contributed by atoms with van der Waals surface area (Å²) in [5, 5.41) is 14.6. The Balaban J connectivity index is 3.02. The van der Waals surface area contributed by atoms with Crippen LogP contribution in [-0.2, 0) is 10.9 Å². The molecule has 1 aromatic rings. The Morgan fingerprint density at radius 1 is 1.35 bits per heavy atom. The minimum atomic E-state index is -4.46. The summed E-state index contributed by atoms with van der Waals surface area (Å²) in [7, 11) is 1.44. The number of hydrogen-bond acceptors (Lipinski definition) is 5. The van der Waals surface area contributed by atoms with E-state index in [4.69, 9.17) is 9.84 Å². The van der Waals surface area contributed by atoms with Crippen LogP contribution in [0.2, 0.25) is 0 Å². The van der Waals surface area contributed by atoms with Gasteiger partial charge in [0.15, 0.2) is 0 Å². The van der Waals surface area contributed by atoms with Gasteiger partial charge in [-0.15, -0.1) is 0 Å². The van der Waals surface area contributed by atoms with Crippen molar-refractivity contribution >= 4 is 11.6 Å². The first-order valence-corrected chi connectivity index (χ1v) is 6.10. The van der Waals surface area contributed by atoms with Crippen LogP contribution in [0.3, 0.4) is 0 Å². The number of pyridine rings is 1. The molecule has 20 heavy (non-hydrogen) atoms. The molecule has 0 saturated heterocycles. The zero-order valence-corrected chi connectivity index (χ0v) is 11.3. The van der Waals surface area contributed by atoms with Gasteiger partial charge in [-0.3, -0.25) is 0 Å². The molecule has 1 unspecified atom stereocenters. The molecule has 1 heterocycles. The molecule has 114 valence electrons. The third-order valence-corrected chi connectivity index (χ3v) is 2.45. The number of nitrogens with zero attached hydrogens (tertiary/aromatic N) is 1. The topological polar surface area (TPSA) is 66.4 Å². The Bertz CT molecular complexity index is 427. The summed E-state index contributed by atoms with van der Waals surface area (Å²) in [6.45, 7) is 2.10. The number of anilines is 2. The van der Waals surface area contributed by atoms with E-state index < -0.39 is 17.8 Å². The minimum absolute atomic E-state index is 0.0341. The molecular formula is C12H18F3N3O2. The molecule has 0 aromatic carbocycles. The van der Waals surface area contributed by atoms with Crippen LogP contribution >= 0.6 is 0 Å². The molecular weight excluding hydrogens is 275 g/mol. The first kappa shape index (κ1) is 16.5. The van der Waals surface area contributed by atoms with Crippen LogP contribution in [0.4, 0.5) is 24.8 Å². The zero-order chi connectivity index (χ0) is 15.2. The van der Waals surface area contributed by atoms with E-state index in [0.29, 0.717) is 6.54 Å². The Morgan fingerprint density at radius 2 is 2.00 bits per heavy atom. The van der Waals surface area contributed by atoms with Crippen molar-refractivity contribution in [2.75, 3.05) is 37.5 Å². The monoisotopic (exact) mass is 293 g/mol. The van der Waals surface area contributed by atoms with Gasteiger partial charge in [0.1, 0.15) is 11.6 Å². The van der Waals surface area contributed by atoms with E-state index in [1.54, 1.807) is 6.92 Å². The zero-order valence-electron chi connectivity index (χ0n) is 11.3. The number of aliphatic hydroxyl groups is 1. The number of rotatable bonds is 7. The van der Waals surface area contributed by atoms with Gasteiger partial charge in [0.25, 0.3) is 0 Å². The third-order valence-electron chi connectivity index (χ3n) is 2.45. The van der Waals surface area contributed by atoms with Crippen molar-refractivity contribution in [3.8, 4) is 0 Å². The van der Waals surface area contributed by atoms with Gasteiger partial charge < -0.3 is 20.5 Å². The number of halogens is 3. The molecule has 0 radical (unpaired) electrons. The quantitative estimate of drug-likeness (QED) is 0.717. The van der Waals surface area contributed by atoms with Crippen LogP contribution in [0, 0.1) is 0 Å². The summed E-state index contributed by atoms with van der Waals surface area (Å²) in [6, 6.07) is 1.32. The van der Waals surface area contributed by atoms with Crippen LogP contribution in [0.1, 0.15) is 12.5 Å². The van der Waals surface area contributed by atoms with Crippen molar-refractivity contribution in [3.05, 3.63) is 17.7 Å². The van der Waals surface area contributed by atoms with Crippen molar-refractivity contribution < 1.29 is 23.0 Å². The van der Waals surface area contributed by atoms with Crippen LogP contribution < -0.4 is 10.6 Å². The van der Waals surface area contributed by atoms with E-state index in [-0.39, 0.29) is 24.8 Å². The average molecular weight is 293 g/mol. The highest BCUT2D eigenvalue weighted by Crippen LogP contribution is 2.32. The second-order valence-corrected chi connectivity index (χ2v) is 4.13. The Hall–Kier alpha value is -1.54. The molecule has 1 aromatic heterocycles. The largest absolute Gasteiger partial charge is 0.416 e. The van der Waals surface area contributed by atoms with Crippen LogP contribution in [-0.4, -0.2) is 43.0 Å². The van der Waals surface area contributed by atoms with Crippen LogP contribution in [0.5, 0.6) is 0 Å². The van der Waals surface area contributed by atoms with E-state index in [2.05, 4.69) is 15.6 Å². The van der Waals surface area contributed by atoms with E-state index in [0.717, 1.165) is 12.1 Å². The van der Waals surface area contributed by atoms with E-state index in [9.17, 15) is 13.2 Å². The summed E-state index contributed by atoms with van der Waals surface area (Å²) in [5.41, 5.74) is -0.806. The van der Waals surface area contributed by atoms with Crippen molar-refractivity contribution in [1.82, 2.24) is 4.98 Å². The molecule has 1 atom stereocenters. The second-order valence-electron chi connectivity index (χ2n) is 4.13. The van der Waals surface area contributed by atoms with Crippen molar-refractivity contribution in [1.29, 1.82) is 0 Å². The van der Waals surface area contributed by atoms with E-state index in [1.165, 1.54) is 7.11 Å². The summed E-state index contributed by atoms with van der Waals surface area (Å²) in [5.74, 6) is 0.158. The molecule has 0 amide bonds. The summed E-state index contributed by atoms with van der Waals surface area (Å²) in [4.78, 5) is 4.02. The van der Waals surface area contributed by atoms with Gasteiger partial charge in [-0.05, 0) is 19.1 Å². The van der Waals surface area contributed by atoms with Crippen molar-refractivity contribution in [3.63, 3.8) is 0 Å². The van der Waals surface area contributed by atoms with Gasteiger partial charge >= 0.3 is 6.18 Å². The van der Waals surface area contributed by atoms with Crippen molar-refractivity contribution in [2.24, 2.45) is 0 Å². The van der Waals surface area contributed by atoms with Gasteiger partial charge in [-0.1, -0.05) is 0 Å². The van der Waals surface area contributed by atoms with Crippen LogP contribution in [0.15, 0.2) is 12.1 Å². The summed E-state index contributed by atoms with van der Waals surface area (Å²) >= 11 is 0. The van der Waals surface area contributed by atoms with Gasteiger partial charge in [0.2, 0.25) is 0 Å². The number of alkyl halides is 3. The molecule has 0 bridgehead atoms. The highest BCUT2D eigenvalue weighted by Gasteiger charge is 2.31. The van der Waals surface area contributed by atoms with E-state index >= 15 is 0 Å². The number of aromatic nitrogens is 1. The molecule has 0 aliphatic rings. The number of methoxy groups -OCH3 is 1. The smallest absolute Gasteiger partial charge is 0.394 e. The molecule has 0 aliphatic heterocycles. The molecule has 0 fully saturated rings. The average Bonchev–Trinajstić information content (AvgIpc) is 2.37. The van der Waals surface area contributed by atoms with Gasteiger partial charge in [-0.25, -0.2) is 4.98 Å². The predicted molar refractivity (Wildman–Crippen MR) is 69.8 cm³/mol. The lowest BCUT2D eigenvalue weighted by Gasteiger charge is -2.18. The molecule has 0 saturated carbocycles. The maximum absolute atomic E-state index is 12.8. The van der Waals surface area contributed by atoms with Gasteiger partial charge in [0.05, 0.1) is 24.8 Å². The lowest BCUT2D eigenvalue weighted by Crippen LogP contribution is -2.29. The number of nitrogens with one attached hydrogen (secondary N) is 2. The number of aliphatic hydroxyl groups excluding tert-OH is 1. The normalized spacial score (nSPS) is 13.1. The Labute approximate surface area is 115 Å². The molecule has 5 nitrogen and oxygen atoms in total. The minimum Gasteiger partial charge on any atom is -0.394 e. The van der Waals surface area contributed by atoms with Gasteiger partial charge in [0, 0.05) is 13.7 Å². The fourth-order valence-electron chi connectivity index (χ4n) is 1.59. The molecule has 3 N–H and O–H groups in total. The Kier molecular flexibility index (Phi) is 6.03. The molecule has 1 rings (SSSR count). The van der Waals surface area contributed by atoms with Gasteiger partial charge in [-0.2, -0.15) is 13.2 Å². The maximum atomic E-state index is 12.8. The van der Waals surface area contributed by atoms with E-state index in [1.807, 2.05) is 0 Å². The highest BCUT2D eigenvalue weighted by atomic mass is 19.4. The van der Waals surface area contributed by atoms with Crippen molar-refractivity contribution in [2.45, 2.75) is 19.1 Å². The fraction of sp³-hybridized carbons (Fsp3) is 0.583. The fourth-order valence-corrected chi connectivity index (χ4v) is 1.59. The SMILES string of the molecule is CCNc1cc(C(F)(F)F)cc(NC(CO)COC)n1. The summed E-state index contributed by atoms with van der Waals surface area (Å²) in [6.07, 6.45) is -4.46. The molecule has 0 aliphatic carbocycles. The summed E-state index contributed by atoms with van der Waals surface area (Å²) < 4.78 is 43.2. The first-order chi connectivity index (χ1) is 9.40. The lowest BCUT2D eigenvalue weighted by molar-refractivity contribution is -0.137. The molecule has 8 heteroatoms. The second kappa shape index (κ2) is 7.30. The van der Waals surface area contributed by atoms with Crippen LogP contribution in [0.25, 0.3) is 0 Å². The predicted octanol–water partition coefficient (Wildman–Crippen LogP) is 1.95. The highest BCUT2D eigenvalue weighted by molar-refractivity contribution is 5.50.